The Bertz CT molecular complexity index is 980. The summed E-state index contributed by atoms with van der Waals surface area (Å²) in [5.41, 5.74) is 2.69. The number of aromatic nitrogens is 2. The van der Waals surface area contributed by atoms with Crippen LogP contribution in [0.2, 0.25) is 5.02 Å². The molecule has 3 aromatic rings. The summed E-state index contributed by atoms with van der Waals surface area (Å²) in [7, 11) is 0. The Kier molecular flexibility index (Phi) is 6.11. The van der Waals surface area contributed by atoms with Crippen molar-refractivity contribution >= 4 is 34.8 Å². The van der Waals surface area contributed by atoms with E-state index in [2.05, 4.69) is 15.7 Å². The predicted octanol–water partition coefficient (Wildman–Crippen LogP) is 4.43. The molecule has 0 aliphatic heterocycles. The van der Waals surface area contributed by atoms with Crippen LogP contribution in [0.1, 0.15) is 29.8 Å². The number of nitrogens with one attached hydrogen (secondary N) is 2. The predicted molar refractivity (Wildman–Crippen MR) is 111 cm³/mol. The van der Waals surface area contributed by atoms with Gasteiger partial charge in [-0.05, 0) is 35.9 Å². The van der Waals surface area contributed by atoms with Gasteiger partial charge in [0, 0.05) is 28.5 Å². The van der Waals surface area contributed by atoms with E-state index in [1.807, 2.05) is 38.1 Å². The van der Waals surface area contributed by atoms with E-state index in [9.17, 15) is 9.59 Å². The average Bonchev–Trinajstić information content (AvgIpc) is 3.14. The first-order chi connectivity index (χ1) is 13.4. The van der Waals surface area contributed by atoms with Crippen LogP contribution in [0.5, 0.6) is 0 Å². The highest BCUT2D eigenvalue weighted by Crippen LogP contribution is 2.17. The van der Waals surface area contributed by atoms with Crippen LogP contribution in [0.4, 0.5) is 11.4 Å². The largest absolute Gasteiger partial charge is 0.326 e. The molecule has 0 bridgehead atoms. The van der Waals surface area contributed by atoms with Crippen molar-refractivity contribution in [3.63, 3.8) is 0 Å². The first kappa shape index (κ1) is 19.6. The summed E-state index contributed by atoms with van der Waals surface area (Å²) in [6.45, 7) is 4.14. The molecule has 0 aliphatic rings. The standard InChI is InChI=1S/C21H21ClN4O2/c1-14(2)20(27)24-17-7-9-18(10-8-17)25-21(28)16-11-23-26(13-16)12-15-5-3-4-6-19(15)22/h3-11,13-14H,12H2,1-2H3,(H,24,27)(H,25,28). The van der Waals surface area contributed by atoms with E-state index < -0.39 is 0 Å². The fraction of sp³-hybridized carbons (Fsp3) is 0.190. The van der Waals surface area contributed by atoms with Gasteiger partial charge in [-0.3, -0.25) is 14.3 Å². The second kappa shape index (κ2) is 8.71. The van der Waals surface area contributed by atoms with Gasteiger partial charge < -0.3 is 10.6 Å². The molecule has 0 aliphatic carbocycles. The quantitative estimate of drug-likeness (QED) is 0.647. The van der Waals surface area contributed by atoms with Crippen molar-refractivity contribution in [1.29, 1.82) is 0 Å². The third-order valence-electron chi connectivity index (χ3n) is 4.12. The Morgan fingerprint density at radius 1 is 1.04 bits per heavy atom. The Labute approximate surface area is 168 Å². The number of carbonyl (C=O) groups is 2. The highest BCUT2D eigenvalue weighted by molar-refractivity contribution is 6.31. The smallest absolute Gasteiger partial charge is 0.258 e. The summed E-state index contributed by atoms with van der Waals surface area (Å²) < 4.78 is 1.67. The zero-order valence-electron chi connectivity index (χ0n) is 15.6. The van der Waals surface area contributed by atoms with Gasteiger partial charge >= 0.3 is 0 Å². The van der Waals surface area contributed by atoms with Crippen LogP contribution in [0.25, 0.3) is 0 Å². The molecule has 1 heterocycles. The zero-order valence-corrected chi connectivity index (χ0v) is 16.4. The minimum atomic E-state index is -0.260. The van der Waals surface area contributed by atoms with Crippen molar-refractivity contribution in [3.8, 4) is 0 Å². The first-order valence-electron chi connectivity index (χ1n) is 8.90. The summed E-state index contributed by atoms with van der Waals surface area (Å²) in [4.78, 5) is 24.2. The molecule has 7 heteroatoms. The number of hydrogen-bond donors (Lipinski definition) is 2. The third kappa shape index (κ3) is 4.98. The molecule has 28 heavy (non-hydrogen) atoms. The minimum absolute atomic E-state index is 0.0530. The molecule has 144 valence electrons. The van der Waals surface area contributed by atoms with Crippen molar-refractivity contribution < 1.29 is 9.59 Å². The maximum absolute atomic E-state index is 12.4. The van der Waals surface area contributed by atoms with Crippen LogP contribution < -0.4 is 10.6 Å². The Morgan fingerprint density at radius 2 is 1.68 bits per heavy atom. The van der Waals surface area contributed by atoms with E-state index in [1.54, 1.807) is 35.1 Å². The van der Waals surface area contributed by atoms with Crippen molar-refractivity contribution in [2.75, 3.05) is 10.6 Å². The number of carbonyl (C=O) groups excluding carboxylic acids is 2. The van der Waals surface area contributed by atoms with Gasteiger partial charge in [0.2, 0.25) is 5.91 Å². The normalized spacial score (nSPS) is 10.7. The molecule has 0 spiro atoms. The van der Waals surface area contributed by atoms with Gasteiger partial charge in [0.15, 0.2) is 0 Å². The van der Waals surface area contributed by atoms with Gasteiger partial charge in [-0.15, -0.1) is 0 Å². The lowest BCUT2D eigenvalue weighted by Gasteiger charge is -2.09. The molecule has 3 rings (SSSR count). The number of amides is 2. The van der Waals surface area contributed by atoms with Crippen LogP contribution in [0.3, 0.4) is 0 Å². The summed E-state index contributed by atoms with van der Waals surface area (Å²) in [6.07, 6.45) is 3.19. The molecule has 2 N–H and O–H groups in total. The van der Waals surface area contributed by atoms with Crippen molar-refractivity contribution in [1.82, 2.24) is 9.78 Å². The fourth-order valence-electron chi connectivity index (χ4n) is 2.50. The number of anilines is 2. The lowest BCUT2D eigenvalue weighted by atomic mass is 10.2. The number of benzene rings is 2. The highest BCUT2D eigenvalue weighted by Gasteiger charge is 2.11. The fourth-order valence-corrected chi connectivity index (χ4v) is 2.69. The molecule has 0 fully saturated rings. The van der Waals surface area contributed by atoms with Crippen LogP contribution in [-0.4, -0.2) is 21.6 Å². The van der Waals surface area contributed by atoms with Gasteiger partial charge in [0.05, 0.1) is 18.3 Å². The Hall–Kier alpha value is -3.12. The van der Waals surface area contributed by atoms with Crippen molar-refractivity contribution in [2.24, 2.45) is 5.92 Å². The summed E-state index contributed by atoms with van der Waals surface area (Å²) in [6, 6.07) is 14.5. The van der Waals surface area contributed by atoms with Crippen LogP contribution in [0, 0.1) is 5.92 Å². The second-order valence-corrected chi connectivity index (χ2v) is 7.10. The average molecular weight is 397 g/mol. The molecule has 0 atom stereocenters. The number of nitrogens with zero attached hydrogens (tertiary/aromatic N) is 2. The van der Waals surface area contributed by atoms with E-state index in [0.717, 1.165) is 5.56 Å². The van der Waals surface area contributed by atoms with Gasteiger partial charge in [0.25, 0.3) is 5.91 Å². The van der Waals surface area contributed by atoms with E-state index in [-0.39, 0.29) is 17.7 Å². The van der Waals surface area contributed by atoms with E-state index in [0.29, 0.717) is 28.5 Å². The van der Waals surface area contributed by atoms with E-state index in [4.69, 9.17) is 11.6 Å². The SMILES string of the molecule is CC(C)C(=O)Nc1ccc(NC(=O)c2cnn(Cc3ccccc3Cl)c2)cc1. The molecule has 6 nitrogen and oxygen atoms in total. The molecular weight excluding hydrogens is 376 g/mol. The maximum atomic E-state index is 12.4. The molecule has 2 amide bonds. The number of hydrogen-bond acceptors (Lipinski definition) is 3. The lowest BCUT2D eigenvalue weighted by Crippen LogP contribution is -2.17. The summed E-state index contributed by atoms with van der Waals surface area (Å²) in [5.74, 6) is -0.409. The van der Waals surface area contributed by atoms with Gasteiger partial charge in [-0.1, -0.05) is 43.6 Å². The molecule has 0 radical (unpaired) electrons. The molecule has 0 unspecified atom stereocenters. The monoisotopic (exact) mass is 396 g/mol. The number of halogens is 1. The third-order valence-corrected chi connectivity index (χ3v) is 4.49. The van der Waals surface area contributed by atoms with Gasteiger partial charge in [0.1, 0.15) is 0 Å². The molecule has 0 saturated carbocycles. The van der Waals surface area contributed by atoms with E-state index >= 15 is 0 Å². The maximum Gasteiger partial charge on any atom is 0.258 e. The summed E-state index contributed by atoms with van der Waals surface area (Å²) >= 11 is 6.17. The second-order valence-electron chi connectivity index (χ2n) is 6.69. The van der Waals surface area contributed by atoms with Crippen molar-refractivity contribution in [2.45, 2.75) is 20.4 Å². The Morgan fingerprint density at radius 3 is 2.32 bits per heavy atom. The van der Waals surface area contributed by atoms with Gasteiger partial charge in [-0.25, -0.2) is 0 Å². The van der Waals surface area contributed by atoms with Crippen molar-refractivity contribution in [3.05, 3.63) is 77.1 Å². The first-order valence-corrected chi connectivity index (χ1v) is 9.28. The van der Waals surface area contributed by atoms with E-state index in [1.165, 1.54) is 6.20 Å². The number of rotatable bonds is 6. The lowest BCUT2D eigenvalue weighted by molar-refractivity contribution is -0.118. The Balaban J connectivity index is 1.61. The zero-order chi connectivity index (χ0) is 20.1. The van der Waals surface area contributed by atoms with Gasteiger partial charge in [-0.2, -0.15) is 5.10 Å². The molecule has 1 aromatic heterocycles. The minimum Gasteiger partial charge on any atom is -0.326 e. The molecule has 2 aromatic carbocycles. The summed E-state index contributed by atoms with van der Waals surface area (Å²) in [5, 5.41) is 10.5. The van der Waals surface area contributed by atoms with Crippen LogP contribution in [0.15, 0.2) is 60.9 Å². The molecular formula is C21H21ClN4O2. The molecule has 0 saturated heterocycles. The van der Waals surface area contributed by atoms with Crippen LogP contribution in [-0.2, 0) is 11.3 Å². The topological polar surface area (TPSA) is 76.0 Å². The highest BCUT2D eigenvalue weighted by atomic mass is 35.5. The van der Waals surface area contributed by atoms with Crippen LogP contribution >= 0.6 is 11.6 Å².